The predicted molar refractivity (Wildman–Crippen MR) is 186 cm³/mol. The number of halogens is 2. The summed E-state index contributed by atoms with van der Waals surface area (Å²) in [7, 11) is -4.19. The number of sulfonamides is 1. The Labute approximate surface area is 282 Å². The second-order valence-corrected chi connectivity index (χ2v) is 14.4. The van der Waals surface area contributed by atoms with E-state index >= 15 is 0 Å². The molecule has 0 aliphatic carbocycles. The maximum absolute atomic E-state index is 14.6. The van der Waals surface area contributed by atoms with Crippen molar-refractivity contribution in [3.05, 3.63) is 129 Å². The molecule has 0 spiro atoms. The minimum atomic E-state index is -4.19. The smallest absolute Gasteiger partial charge is 0.264 e. The summed E-state index contributed by atoms with van der Waals surface area (Å²) >= 11 is 12.5. The standard InChI is InChI=1S/C36H39Cl2N3O4S/c1-25(2)22-39-36(43)34(21-28-11-7-5-8-12-28)40(23-29-17-18-31(37)32(38)20-29)35(42)24-41(33-19-26(3)15-16-27(33)4)46(44,45)30-13-9-6-10-14-30/h5-20,25,34H,21-24H2,1-4H3,(H,39,43)/t34-/m1/s1. The fourth-order valence-electron chi connectivity index (χ4n) is 5.03. The van der Waals surface area contributed by atoms with E-state index in [1.165, 1.54) is 17.0 Å². The lowest BCUT2D eigenvalue weighted by molar-refractivity contribution is -0.140. The highest BCUT2D eigenvalue weighted by molar-refractivity contribution is 7.92. The van der Waals surface area contributed by atoms with E-state index in [4.69, 9.17) is 23.2 Å². The minimum Gasteiger partial charge on any atom is -0.354 e. The molecular formula is C36H39Cl2N3O4S. The molecule has 0 aliphatic rings. The van der Waals surface area contributed by atoms with Crippen molar-refractivity contribution < 1.29 is 18.0 Å². The molecule has 1 atom stereocenters. The minimum absolute atomic E-state index is 0.00561. The molecule has 2 amide bonds. The molecule has 0 saturated carbocycles. The highest BCUT2D eigenvalue weighted by Crippen LogP contribution is 2.29. The molecule has 242 valence electrons. The van der Waals surface area contributed by atoms with Crippen LogP contribution in [0.5, 0.6) is 0 Å². The Balaban J connectivity index is 1.83. The SMILES string of the molecule is Cc1ccc(C)c(N(CC(=O)N(Cc2ccc(Cl)c(Cl)c2)[C@H](Cc2ccccc2)C(=O)NCC(C)C)S(=O)(=O)c2ccccc2)c1. The number of anilines is 1. The van der Waals surface area contributed by atoms with Crippen LogP contribution in [-0.2, 0) is 32.6 Å². The Morgan fingerprint density at radius 3 is 2.09 bits per heavy atom. The number of nitrogens with one attached hydrogen (secondary N) is 1. The summed E-state index contributed by atoms with van der Waals surface area (Å²) in [6.45, 7) is 7.51. The van der Waals surface area contributed by atoms with Crippen LogP contribution in [-0.4, -0.2) is 44.3 Å². The van der Waals surface area contributed by atoms with Crippen molar-refractivity contribution in [3.63, 3.8) is 0 Å². The van der Waals surface area contributed by atoms with Gasteiger partial charge in [0.25, 0.3) is 10.0 Å². The number of nitrogens with zero attached hydrogens (tertiary/aromatic N) is 2. The molecular weight excluding hydrogens is 641 g/mol. The van der Waals surface area contributed by atoms with Crippen LogP contribution in [0, 0.1) is 19.8 Å². The van der Waals surface area contributed by atoms with Gasteiger partial charge in [-0.2, -0.15) is 0 Å². The van der Waals surface area contributed by atoms with Gasteiger partial charge < -0.3 is 10.2 Å². The Morgan fingerprint density at radius 2 is 1.46 bits per heavy atom. The van der Waals surface area contributed by atoms with Gasteiger partial charge in [0, 0.05) is 19.5 Å². The fourth-order valence-corrected chi connectivity index (χ4v) is 6.84. The van der Waals surface area contributed by atoms with Crippen molar-refractivity contribution in [2.24, 2.45) is 5.92 Å². The number of benzene rings is 4. The molecule has 4 rings (SSSR count). The van der Waals surface area contributed by atoms with E-state index < -0.39 is 28.5 Å². The molecule has 46 heavy (non-hydrogen) atoms. The van der Waals surface area contributed by atoms with Crippen molar-refractivity contribution in [3.8, 4) is 0 Å². The van der Waals surface area contributed by atoms with Crippen LogP contribution in [0.15, 0.2) is 102 Å². The molecule has 0 unspecified atom stereocenters. The number of aryl methyl sites for hydroxylation is 2. The monoisotopic (exact) mass is 679 g/mol. The van der Waals surface area contributed by atoms with Crippen LogP contribution < -0.4 is 9.62 Å². The zero-order valence-electron chi connectivity index (χ0n) is 26.4. The van der Waals surface area contributed by atoms with Crippen LogP contribution in [0.2, 0.25) is 10.0 Å². The third-order valence-electron chi connectivity index (χ3n) is 7.54. The second-order valence-electron chi connectivity index (χ2n) is 11.7. The van der Waals surface area contributed by atoms with E-state index in [-0.39, 0.29) is 29.7 Å². The molecule has 10 heteroatoms. The summed E-state index contributed by atoms with van der Waals surface area (Å²) in [6, 6.07) is 27.0. The summed E-state index contributed by atoms with van der Waals surface area (Å²) in [5, 5.41) is 3.65. The van der Waals surface area contributed by atoms with E-state index in [0.717, 1.165) is 15.4 Å². The van der Waals surface area contributed by atoms with Gasteiger partial charge in [-0.25, -0.2) is 8.42 Å². The number of hydrogen-bond acceptors (Lipinski definition) is 4. The molecule has 0 aromatic heterocycles. The topological polar surface area (TPSA) is 86.8 Å². The van der Waals surface area contributed by atoms with E-state index in [9.17, 15) is 18.0 Å². The number of carbonyl (C=O) groups excluding carboxylic acids is 2. The first-order valence-corrected chi connectivity index (χ1v) is 17.3. The second kappa shape index (κ2) is 15.6. The normalized spacial score (nSPS) is 12.1. The molecule has 4 aromatic carbocycles. The molecule has 0 saturated heterocycles. The van der Waals surface area contributed by atoms with Crippen molar-refractivity contribution in [1.82, 2.24) is 10.2 Å². The van der Waals surface area contributed by atoms with Gasteiger partial charge >= 0.3 is 0 Å². The van der Waals surface area contributed by atoms with Crippen LogP contribution >= 0.6 is 23.2 Å². The third-order valence-corrected chi connectivity index (χ3v) is 10.0. The first-order valence-electron chi connectivity index (χ1n) is 15.1. The molecule has 0 bridgehead atoms. The highest BCUT2D eigenvalue weighted by Gasteiger charge is 2.35. The van der Waals surface area contributed by atoms with Gasteiger partial charge in [0.1, 0.15) is 12.6 Å². The summed E-state index contributed by atoms with van der Waals surface area (Å²) in [5.41, 5.74) is 3.40. The maximum atomic E-state index is 14.6. The Hall–Kier alpha value is -3.85. The zero-order chi connectivity index (χ0) is 33.4. The molecule has 0 aliphatic heterocycles. The van der Waals surface area contributed by atoms with Crippen molar-refractivity contribution >= 4 is 50.7 Å². The molecule has 0 heterocycles. The van der Waals surface area contributed by atoms with Crippen molar-refractivity contribution in [2.45, 2.75) is 51.6 Å². The molecule has 0 fully saturated rings. The van der Waals surface area contributed by atoms with Crippen molar-refractivity contribution in [1.29, 1.82) is 0 Å². The summed E-state index contributed by atoms with van der Waals surface area (Å²) < 4.78 is 29.6. The molecule has 7 nitrogen and oxygen atoms in total. The van der Waals surface area contributed by atoms with E-state index in [1.54, 1.807) is 49.4 Å². The van der Waals surface area contributed by atoms with Crippen molar-refractivity contribution in [2.75, 3.05) is 17.4 Å². The molecule has 1 N–H and O–H groups in total. The number of hydrogen-bond donors (Lipinski definition) is 1. The quantitative estimate of drug-likeness (QED) is 0.162. The van der Waals surface area contributed by atoms with Crippen LogP contribution in [0.4, 0.5) is 5.69 Å². The average molecular weight is 681 g/mol. The van der Waals surface area contributed by atoms with Gasteiger partial charge in [0.2, 0.25) is 11.8 Å². The van der Waals surface area contributed by atoms with Gasteiger partial charge in [-0.05, 0) is 72.4 Å². The van der Waals surface area contributed by atoms with Crippen LogP contribution in [0.1, 0.15) is 36.1 Å². The number of carbonyl (C=O) groups is 2. The van der Waals surface area contributed by atoms with Gasteiger partial charge in [-0.3, -0.25) is 13.9 Å². The lowest BCUT2D eigenvalue weighted by Gasteiger charge is -2.34. The average Bonchev–Trinajstić information content (AvgIpc) is 3.04. The zero-order valence-corrected chi connectivity index (χ0v) is 28.7. The van der Waals surface area contributed by atoms with Gasteiger partial charge in [0.15, 0.2) is 0 Å². The van der Waals surface area contributed by atoms with Gasteiger partial charge in [-0.15, -0.1) is 0 Å². The summed E-state index contributed by atoms with van der Waals surface area (Å²) in [5.74, 6) is -0.710. The number of amides is 2. The van der Waals surface area contributed by atoms with Crippen LogP contribution in [0.25, 0.3) is 0 Å². The van der Waals surface area contributed by atoms with E-state index in [2.05, 4.69) is 5.32 Å². The van der Waals surface area contributed by atoms with Gasteiger partial charge in [0.05, 0.1) is 20.6 Å². The van der Waals surface area contributed by atoms with Crippen LogP contribution in [0.3, 0.4) is 0 Å². The summed E-state index contributed by atoms with van der Waals surface area (Å²) in [6.07, 6.45) is 0.215. The first-order chi connectivity index (χ1) is 21.9. The molecule has 4 aromatic rings. The Bertz CT molecular complexity index is 1770. The summed E-state index contributed by atoms with van der Waals surface area (Å²) in [4.78, 5) is 30.0. The highest BCUT2D eigenvalue weighted by atomic mass is 35.5. The largest absolute Gasteiger partial charge is 0.354 e. The lowest BCUT2D eigenvalue weighted by atomic mass is 10.0. The third kappa shape index (κ3) is 8.90. The number of rotatable bonds is 13. The first kappa shape index (κ1) is 35.0. The molecule has 0 radical (unpaired) electrons. The Morgan fingerprint density at radius 1 is 0.804 bits per heavy atom. The van der Waals surface area contributed by atoms with Gasteiger partial charge in [-0.1, -0.05) is 104 Å². The van der Waals surface area contributed by atoms with E-state index in [0.29, 0.717) is 33.4 Å². The predicted octanol–water partition coefficient (Wildman–Crippen LogP) is 7.22. The lowest BCUT2D eigenvalue weighted by Crippen LogP contribution is -2.53. The van der Waals surface area contributed by atoms with E-state index in [1.807, 2.05) is 63.2 Å². The fraction of sp³-hybridized carbons (Fsp3) is 0.278. The maximum Gasteiger partial charge on any atom is 0.264 e. The Kier molecular flexibility index (Phi) is 11.9.